The number of amides is 1. The number of aromatic nitrogens is 1. The third-order valence-corrected chi connectivity index (χ3v) is 5.78. The first-order chi connectivity index (χ1) is 12.0. The number of para-hydroxylation sites is 1. The quantitative estimate of drug-likeness (QED) is 0.698. The smallest absolute Gasteiger partial charge is 0.231 e. The molecule has 0 fully saturated rings. The molecule has 0 saturated carbocycles. The highest BCUT2D eigenvalue weighted by Gasteiger charge is 2.36. The Morgan fingerprint density at radius 1 is 1.16 bits per heavy atom. The van der Waals surface area contributed by atoms with Crippen LogP contribution in [0.25, 0.3) is 10.2 Å². The Morgan fingerprint density at radius 3 is 2.52 bits per heavy atom. The Labute approximate surface area is 153 Å². The summed E-state index contributed by atoms with van der Waals surface area (Å²) in [5, 5.41) is 4.15. The molecular formula is C21H24N2OS. The number of nitrogens with one attached hydrogen (secondary N) is 1. The van der Waals surface area contributed by atoms with Crippen molar-refractivity contribution in [1.82, 2.24) is 10.3 Å². The predicted molar refractivity (Wildman–Crippen MR) is 105 cm³/mol. The Kier molecular flexibility index (Phi) is 5.19. The zero-order valence-electron chi connectivity index (χ0n) is 15.0. The number of fused-ring (bicyclic) bond motifs is 1. The number of thiazole rings is 1. The molecule has 2 aromatic carbocycles. The van der Waals surface area contributed by atoms with E-state index in [4.69, 9.17) is 4.98 Å². The summed E-state index contributed by atoms with van der Waals surface area (Å²) in [5.74, 6) is 0.0623. The van der Waals surface area contributed by atoms with E-state index >= 15 is 0 Å². The molecule has 4 heteroatoms. The van der Waals surface area contributed by atoms with E-state index in [1.807, 2.05) is 62.4 Å². The molecule has 1 heterocycles. The molecule has 2 atom stereocenters. The maximum Gasteiger partial charge on any atom is 0.231 e. The zero-order valence-corrected chi connectivity index (χ0v) is 15.8. The van der Waals surface area contributed by atoms with Crippen molar-refractivity contribution in [2.75, 3.05) is 0 Å². The number of benzene rings is 2. The third kappa shape index (κ3) is 3.74. The Hall–Kier alpha value is -2.20. The van der Waals surface area contributed by atoms with Crippen molar-refractivity contribution in [1.29, 1.82) is 0 Å². The van der Waals surface area contributed by atoms with Gasteiger partial charge in [-0.1, -0.05) is 49.4 Å². The summed E-state index contributed by atoms with van der Waals surface area (Å²) in [6.45, 7) is 6.14. The minimum Gasteiger partial charge on any atom is -0.353 e. The number of hydrogen-bond acceptors (Lipinski definition) is 3. The van der Waals surface area contributed by atoms with Gasteiger partial charge in [-0.05, 0) is 38.0 Å². The van der Waals surface area contributed by atoms with E-state index in [1.54, 1.807) is 11.3 Å². The van der Waals surface area contributed by atoms with Crippen molar-refractivity contribution >= 4 is 27.5 Å². The van der Waals surface area contributed by atoms with E-state index in [-0.39, 0.29) is 11.9 Å². The van der Waals surface area contributed by atoms with Crippen LogP contribution in [0.5, 0.6) is 0 Å². The molecule has 1 aromatic heterocycles. The van der Waals surface area contributed by atoms with Crippen LogP contribution in [-0.2, 0) is 16.6 Å². The molecule has 0 saturated heterocycles. The van der Waals surface area contributed by atoms with Gasteiger partial charge in [-0.3, -0.25) is 4.79 Å². The lowest BCUT2D eigenvalue weighted by Crippen LogP contribution is -2.47. The highest BCUT2D eigenvalue weighted by molar-refractivity contribution is 7.18. The second-order valence-corrected chi connectivity index (χ2v) is 7.85. The van der Waals surface area contributed by atoms with Gasteiger partial charge in [-0.25, -0.2) is 4.98 Å². The fourth-order valence-electron chi connectivity index (χ4n) is 2.90. The van der Waals surface area contributed by atoms with Crippen LogP contribution in [0.4, 0.5) is 0 Å². The monoisotopic (exact) mass is 352 g/mol. The van der Waals surface area contributed by atoms with Crippen LogP contribution in [0, 0.1) is 0 Å². The molecule has 0 bridgehead atoms. The standard InChI is InChI=1S/C21H24N2OS/c1-4-15(2)22-20(24)21(3,16-10-6-5-7-11-16)14-19-23-17-12-8-9-13-18(17)25-19/h5-13,15H,4,14H2,1-3H3,(H,22,24). The van der Waals surface area contributed by atoms with Gasteiger partial charge in [0.15, 0.2) is 0 Å². The van der Waals surface area contributed by atoms with Gasteiger partial charge in [0.25, 0.3) is 0 Å². The van der Waals surface area contributed by atoms with Crippen LogP contribution < -0.4 is 5.32 Å². The van der Waals surface area contributed by atoms with Crippen molar-refractivity contribution in [2.45, 2.75) is 45.1 Å². The van der Waals surface area contributed by atoms with E-state index in [9.17, 15) is 4.79 Å². The maximum absolute atomic E-state index is 13.1. The summed E-state index contributed by atoms with van der Waals surface area (Å²) in [4.78, 5) is 17.9. The normalized spacial score (nSPS) is 14.8. The molecule has 0 spiro atoms. The summed E-state index contributed by atoms with van der Waals surface area (Å²) in [6, 6.07) is 18.3. The maximum atomic E-state index is 13.1. The first kappa shape index (κ1) is 17.6. The van der Waals surface area contributed by atoms with Gasteiger partial charge in [0.05, 0.1) is 20.6 Å². The largest absolute Gasteiger partial charge is 0.353 e. The number of carbonyl (C=O) groups excluding carboxylic acids is 1. The average molecular weight is 353 g/mol. The highest BCUT2D eigenvalue weighted by Crippen LogP contribution is 2.32. The number of hydrogen-bond donors (Lipinski definition) is 1. The van der Waals surface area contributed by atoms with Gasteiger partial charge in [0.1, 0.15) is 0 Å². The molecule has 0 aliphatic carbocycles. The van der Waals surface area contributed by atoms with E-state index in [2.05, 4.69) is 18.3 Å². The van der Waals surface area contributed by atoms with Crippen LogP contribution in [0.15, 0.2) is 54.6 Å². The van der Waals surface area contributed by atoms with Crippen molar-refractivity contribution in [2.24, 2.45) is 0 Å². The molecule has 0 aliphatic heterocycles. The van der Waals surface area contributed by atoms with E-state index < -0.39 is 5.41 Å². The Morgan fingerprint density at radius 2 is 1.84 bits per heavy atom. The minimum atomic E-state index is -0.640. The van der Waals surface area contributed by atoms with E-state index in [1.165, 1.54) is 0 Å². The summed E-state index contributed by atoms with van der Waals surface area (Å²) in [6.07, 6.45) is 1.51. The van der Waals surface area contributed by atoms with Crippen molar-refractivity contribution in [3.63, 3.8) is 0 Å². The zero-order chi connectivity index (χ0) is 17.9. The van der Waals surface area contributed by atoms with Crippen LogP contribution in [0.1, 0.15) is 37.8 Å². The van der Waals surface area contributed by atoms with E-state index in [0.717, 1.165) is 27.2 Å². The molecular weight excluding hydrogens is 328 g/mol. The Balaban J connectivity index is 1.97. The molecule has 0 radical (unpaired) electrons. The molecule has 1 amide bonds. The molecule has 1 N–H and O–H groups in total. The second-order valence-electron chi connectivity index (χ2n) is 6.73. The van der Waals surface area contributed by atoms with E-state index in [0.29, 0.717) is 6.42 Å². The lowest BCUT2D eigenvalue weighted by atomic mass is 9.78. The van der Waals surface area contributed by atoms with Gasteiger partial charge in [-0.15, -0.1) is 11.3 Å². The number of nitrogens with zero attached hydrogens (tertiary/aromatic N) is 1. The molecule has 0 aliphatic rings. The van der Waals surface area contributed by atoms with Crippen molar-refractivity contribution < 1.29 is 4.79 Å². The van der Waals surface area contributed by atoms with Gasteiger partial charge in [0.2, 0.25) is 5.91 Å². The SMILES string of the molecule is CCC(C)NC(=O)C(C)(Cc1nc2ccccc2s1)c1ccccc1. The molecule has 130 valence electrons. The second kappa shape index (κ2) is 7.36. The molecule has 3 nitrogen and oxygen atoms in total. The molecule has 2 unspecified atom stereocenters. The van der Waals surface area contributed by atoms with Gasteiger partial charge in [0, 0.05) is 12.5 Å². The van der Waals surface area contributed by atoms with Crippen LogP contribution >= 0.6 is 11.3 Å². The van der Waals surface area contributed by atoms with Gasteiger partial charge in [-0.2, -0.15) is 0 Å². The summed E-state index contributed by atoms with van der Waals surface area (Å²) in [7, 11) is 0. The minimum absolute atomic E-state index is 0.0623. The average Bonchev–Trinajstić information content (AvgIpc) is 3.04. The van der Waals surface area contributed by atoms with Crippen molar-refractivity contribution in [3.8, 4) is 0 Å². The first-order valence-electron chi connectivity index (χ1n) is 8.74. The van der Waals surface area contributed by atoms with Crippen LogP contribution in [-0.4, -0.2) is 16.9 Å². The topological polar surface area (TPSA) is 42.0 Å². The molecule has 3 aromatic rings. The lowest BCUT2D eigenvalue weighted by Gasteiger charge is -2.29. The predicted octanol–water partition coefficient (Wildman–Crippen LogP) is 4.71. The van der Waals surface area contributed by atoms with Crippen molar-refractivity contribution in [3.05, 3.63) is 65.2 Å². The Bertz CT molecular complexity index is 825. The van der Waals surface area contributed by atoms with Crippen LogP contribution in [0.3, 0.4) is 0 Å². The number of carbonyl (C=O) groups is 1. The lowest BCUT2D eigenvalue weighted by molar-refractivity contribution is -0.126. The molecule has 3 rings (SSSR count). The van der Waals surface area contributed by atoms with Gasteiger partial charge >= 0.3 is 0 Å². The summed E-state index contributed by atoms with van der Waals surface area (Å²) >= 11 is 1.67. The first-order valence-corrected chi connectivity index (χ1v) is 9.55. The highest BCUT2D eigenvalue weighted by atomic mass is 32.1. The number of rotatable bonds is 6. The summed E-state index contributed by atoms with van der Waals surface area (Å²) < 4.78 is 1.16. The summed E-state index contributed by atoms with van der Waals surface area (Å²) in [5.41, 5.74) is 1.38. The molecule has 25 heavy (non-hydrogen) atoms. The third-order valence-electron chi connectivity index (χ3n) is 4.74. The van der Waals surface area contributed by atoms with Gasteiger partial charge < -0.3 is 5.32 Å². The van der Waals surface area contributed by atoms with Crippen LogP contribution in [0.2, 0.25) is 0 Å². The fourth-order valence-corrected chi connectivity index (χ4v) is 4.03. The fraction of sp³-hybridized carbons (Fsp3) is 0.333.